The number of rotatable bonds is 3. The molecular weight excluding hydrogens is 240 g/mol. The van der Waals surface area contributed by atoms with E-state index in [-0.39, 0.29) is 17.8 Å². The molecule has 1 spiro atoms. The Kier molecular flexibility index (Phi) is 3.81. The number of amides is 1. The van der Waals surface area contributed by atoms with Crippen LogP contribution in [0.15, 0.2) is 0 Å². The summed E-state index contributed by atoms with van der Waals surface area (Å²) in [6.07, 6.45) is 9.38. The molecule has 0 aromatic rings. The molecule has 1 N–H and O–H groups in total. The van der Waals surface area contributed by atoms with E-state index in [0.29, 0.717) is 5.91 Å². The number of hydrogen-bond acceptors (Lipinski definition) is 3. The van der Waals surface area contributed by atoms with Crippen molar-refractivity contribution in [2.24, 2.45) is 0 Å². The molecule has 2 atom stereocenters. The van der Waals surface area contributed by atoms with Gasteiger partial charge in [-0.25, -0.2) is 0 Å². The minimum atomic E-state index is -0.227. The highest BCUT2D eigenvalue weighted by molar-refractivity contribution is 5.89. The van der Waals surface area contributed by atoms with Gasteiger partial charge in [-0.15, -0.1) is 0 Å². The van der Waals surface area contributed by atoms with Gasteiger partial charge in [-0.05, 0) is 38.5 Å². The minimum absolute atomic E-state index is 0.219. The Morgan fingerprint density at radius 2 is 2.11 bits per heavy atom. The third-order valence-corrected chi connectivity index (χ3v) is 5.01. The van der Waals surface area contributed by atoms with E-state index in [0.717, 1.165) is 38.8 Å². The van der Waals surface area contributed by atoms with Crippen LogP contribution in [0, 0.1) is 0 Å². The first-order valence-corrected chi connectivity index (χ1v) is 7.95. The van der Waals surface area contributed by atoms with Crippen LogP contribution < -0.4 is 5.32 Å². The molecular formula is C15H26N2O2. The first-order chi connectivity index (χ1) is 9.25. The second-order valence-corrected chi connectivity index (χ2v) is 6.30. The summed E-state index contributed by atoms with van der Waals surface area (Å²) in [5.41, 5.74) is -0.227. The number of ether oxygens (including phenoxy) is 1. The summed E-state index contributed by atoms with van der Waals surface area (Å²) in [7, 11) is 0. The van der Waals surface area contributed by atoms with Crippen molar-refractivity contribution in [3.8, 4) is 0 Å². The summed E-state index contributed by atoms with van der Waals surface area (Å²) in [6, 6.07) is 0. The summed E-state index contributed by atoms with van der Waals surface area (Å²) >= 11 is 0. The third-order valence-electron chi connectivity index (χ3n) is 5.01. The van der Waals surface area contributed by atoms with Gasteiger partial charge in [-0.1, -0.05) is 19.8 Å². The van der Waals surface area contributed by atoms with Gasteiger partial charge in [0.2, 0.25) is 5.91 Å². The summed E-state index contributed by atoms with van der Waals surface area (Å²) in [5.74, 6) is 0.339. The topological polar surface area (TPSA) is 41.6 Å². The second-order valence-electron chi connectivity index (χ2n) is 6.30. The molecule has 19 heavy (non-hydrogen) atoms. The smallest absolute Gasteiger partial charge is 0.244 e. The molecule has 2 unspecified atom stereocenters. The van der Waals surface area contributed by atoms with Crippen molar-refractivity contribution in [1.29, 1.82) is 0 Å². The number of nitrogens with one attached hydrogen (secondary N) is 1. The predicted molar refractivity (Wildman–Crippen MR) is 73.7 cm³/mol. The number of nitrogens with zero attached hydrogens (tertiary/aromatic N) is 1. The quantitative estimate of drug-likeness (QED) is 0.850. The van der Waals surface area contributed by atoms with Crippen LogP contribution in [0.1, 0.15) is 58.3 Å². The van der Waals surface area contributed by atoms with E-state index < -0.39 is 0 Å². The zero-order valence-corrected chi connectivity index (χ0v) is 12.0. The minimum Gasteiger partial charge on any atom is -0.376 e. The van der Waals surface area contributed by atoms with Crippen molar-refractivity contribution in [3.63, 3.8) is 0 Å². The van der Waals surface area contributed by atoms with Crippen LogP contribution in [0.3, 0.4) is 0 Å². The van der Waals surface area contributed by atoms with E-state index >= 15 is 0 Å². The standard InChI is InChI=1S/C15H26N2O2/c1-2-13-16-15(8-4-5-9-15)14(18)17(13)11-12-7-3-6-10-19-12/h12-13,16H,2-11H2,1H3. The van der Waals surface area contributed by atoms with Gasteiger partial charge in [0.1, 0.15) is 0 Å². The Balaban J connectivity index is 1.69. The maximum absolute atomic E-state index is 12.8. The van der Waals surface area contributed by atoms with Crippen molar-refractivity contribution in [3.05, 3.63) is 0 Å². The fourth-order valence-corrected chi connectivity index (χ4v) is 3.92. The fourth-order valence-electron chi connectivity index (χ4n) is 3.92. The highest BCUT2D eigenvalue weighted by atomic mass is 16.5. The maximum Gasteiger partial charge on any atom is 0.244 e. The van der Waals surface area contributed by atoms with Crippen LogP contribution in [-0.2, 0) is 9.53 Å². The Bertz CT molecular complexity index is 333. The summed E-state index contributed by atoms with van der Waals surface area (Å²) in [5, 5.41) is 3.63. The van der Waals surface area contributed by atoms with E-state index in [2.05, 4.69) is 17.1 Å². The van der Waals surface area contributed by atoms with E-state index in [1.807, 2.05) is 0 Å². The molecule has 0 radical (unpaired) electrons. The number of carbonyl (C=O) groups excluding carboxylic acids is 1. The molecule has 2 aliphatic heterocycles. The van der Waals surface area contributed by atoms with Crippen molar-refractivity contribution in [1.82, 2.24) is 10.2 Å². The van der Waals surface area contributed by atoms with Gasteiger partial charge in [-0.2, -0.15) is 0 Å². The average molecular weight is 266 g/mol. The SMILES string of the molecule is CCC1NC2(CCCC2)C(=O)N1CC1CCCCO1. The first-order valence-electron chi connectivity index (χ1n) is 7.95. The van der Waals surface area contributed by atoms with Gasteiger partial charge in [0.25, 0.3) is 0 Å². The highest BCUT2D eigenvalue weighted by Gasteiger charge is 2.51. The van der Waals surface area contributed by atoms with Crippen molar-refractivity contribution in [2.75, 3.05) is 13.2 Å². The molecule has 3 rings (SSSR count). The van der Waals surface area contributed by atoms with E-state index in [1.54, 1.807) is 0 Å². The lowest BCUT2D eigenvalue weighted by molar-refractivity contribution is -0.135. The van der Waals surface area contributed by atoms with Crippen LogP contribution in [0.4, 0.5) is 0 Å². The average Bonchev–Trinajstić information content (AvgIpc) is 3.01. The maximum atomic E-state index is 12.8. The van der Waals surface area contributed by atoms with Crippen LogP contribution in [0.2, 0.25) is 0 Å². The molecule has 1 aliphatic carbocycles. The van der Waals surface area contributed by atoms with Gasteiger partial charge in [0.15, 0.2) is 0 Å². The molecule has 3 fully saturated rings. The zero-order valence-electron chi connectivity index (χ0n) is 12.0. The normalized spacial score (nSPS) is 34.4. The summed E-state index contributed by atoms with van der Waals surface area (Å²) in [4.78, 5) is 14.9. The lowest BCUT2D eigenvalue weighted by atomic mass is 9.98. The molecule has 1 amide bonds. The van der Waals surface area contributed by atoms with Crippen molar-refractivity contribution >= 4 is 5.91 Å². The Morgan fingerprint density at radius 1 is 1.32 bits per heavy atom. The molecule has 0 aromatic carbocycles. The molecule has 4 nitrogen and oxygen atoms in total. The van der Waals surface area contributed by atoms with E-state index in [9.17, 15) is 4.79 Å². The third kappa shape index (κ3) is 2.40. The predicted octanol–water partition coefficient (Wildman–Crippen LogP) is 2.04. The highest BCUT2D eigenvalue weighted by Crippen LogP contribution is 2.37. The molecule has 0 bridgehead atoms. The van der Waals surface area contributed by atoms with Crippen LogP contribution in [0.5, 0.6) is 0 Å². The molecule has 4 heteroatoms. The molecule has 3 aliphatic rings. The van der Waals surface area contributed by atoms with Gasteiger partial charge < -0.3 is 9.64 Å². The fraction of sp³-hybridized carbons (Fsp3) is 0.933. The monoisotopic (exact) mass is 266 g/mol. The van der Waals surface area contributed by atoms with Gasteiger partial charge in [0.05, 0.1) is 17.8 Å². The lowest BCUT2D eigenvalue weighted by Crippen LogP contribution is -2.45. The lowest BCUT2D eigenvalue weighted by Gasteiger charge is -2.30. The summed E-state index contributed by atoms with van der Waals surface area (Å²) in [6.45, 7) is 3.81. The van der Waals surface area contributed by atoms with Crippen LogP contribution in [-0.4, -0.2) is 41.8 Å². The van der Waals surface area contributed by atoms with Gasteiger partial charge in [-0.3, -0.25) is 10.1 Å². The van der Waals surface area contributed by atoms with Crippen LogP contribution >= 0.6 is 0 Å². The van der Waals surface area contributed by atoms with Gasteiger partial charge in [0, 0.05) is 13.2 Å². The molecule has 1 saturated carbocycles. The Labute approximate surface area is 115 Å². The molecule has 2 saturated heterocycles. The Hall–Kier alpha value is -0.610. The Morgan fingerprint density at radius 3 is 2.74 bits per heavy atom. The van der Waals surface area contributed by atoms with Crippen molar-refractivity contribution < 1.29 is 9.53 Å². The zero-order chi connectivity index (χ0) is 13.3. The molecule has 108 valence electrons. The number of hydrogen-bond donors (Lipinski definition) is 1. The van der Waals surface area contributed by atoms with E-state index in [1.165, 1.54) is 25.7 Å². The van der Waals surface area contributed by atoms with Crippen LogP contribution in [0.25, 0.3) is 0 Å². The largest absolute Gasteiger partial charge is 0.376 e. The number of carbonyl (C=O) groups is 1. The second kappa shape index (κ2) is 5.41. The molecule has 0 aromatic heterocycles. The summed E-state index contributed by atoms with van der Waals surface area (Å²) < 4.78 is 5.81. The van der Waals surface area contributed by atoms with Crippen molar-refractivity contribution in [2.45, 2.75) is 76.1 Å². The first kappa shape index (κ1) is 13.4. The molecule has 2 heterocycles. The van der Waals surface area contributed by atoms with Gasteiger partial charge >= 0.3 is 0 Å². The van der Waals surface area contributed by atoms with E-state index in [4.69, 9.17) is 4.74 Å².